The van der Waals surface area contributed by atoms with Crippen molar-refractivity contribution in [2.45, 2.75) is 19.9 Å². The first-order valence-electron chi connectivity index (χ1n) is 5.59. The molecule has 1 atom stereocenters. The highest BCUT2D eigenvalue weighted by Crippen LogP contribution is 2.28. The number of rotatable bonds is 4. The molecule has 1 aromatic carbocycles. The van der Waals surface area contributed by atoms with Crippen LogP contribution in [0.1, 0.15) is 24.2 Å². The van der Waals surface area contributed by atoms with E-state index in [2.05, 4.69) is 48.1 Å². The third-order valence-corrected chi connectivity index (χ3v) is 3.76. The minimum Gasteiger partial charge on any atom is -0.385 e. The average Bonchev–Trinajstić information content (AvgIpc) is 2.76. The van der Waals surface area contributed by atoms with Gasteiger partial charge in [-0.1, -0.05) is 30.8 Å². The predicted molar refractivity (Wildman–Crippen MR) is 74.0 cm³/mol. The molecule has 88 valence electrons. The van der Waals surface area contributed by atoms with E-state index in [1.54, 1.807) is 17.5 Å². The highest BCUT2D eigenvalue weighted by molar-refractivity contribution is 7.13. The Morgan fingerprint density at radius 2 is 2.06 bits per heavy atom. The molecule has 2 aromatic rings. The van der Waals surface area contributed by atoms with Gasteiger partial charge in [-0.15, -0.1) is 11.3 Å². The van der Waals surface area contributed by atoms with Gasteiger partial charge in [0, 0.05) is 6.04 Å². The van der Waals surface area contributed by atoms with Gasteiger partial charge in [-0.3, -0.25) is 0 Å². The van der Waals surface area contributed by atoms with Crippen molar-refractivity contribution >= 4 is 11.3 Å². The summed E-state index contributed by atoms with van der Waals surface area (Å²) in [7, 11) is 0. The molecule has 17 heavy (non-hydrogen) atoms. The summed E-state index contributed by atoms with van der Waals surface area (Å²) in [6.45, 7) is 7.84. The maximum atomic E-state index is 4.27. The first kappa shape index (κ1) is 11.9. The molecule has 0 aliphatic heterocycles. The summed E-state index contributed by atoms with van der Waals surface area (Å²) in [5, 5.41) is 3.18. The van der Waals surface area contributed by atoms with Gasteiger partial charge >= 0.3 is 0 Å². The molecule has 0 spiro atoms. The smallest absolute Gasteiger partial charge is 0.0801 e. The number of nitrogens with one attached hydrogen (secondary N) is 1. The van der Waals surface area contributed by atoms with E-state index < -0.39 is 0 Å². The van der Waals surface area contributed by atoms with E-state index in [-0.39, 0.29) is 0 Å². The minimum atomic E-state index is 0.295. The summed E-state index contributed by atoms with van der Waals surface area (Å²) in [5.74, 6) is 0. The molecular formula is C14H16N2S. The number of aryl methyl sites for hydroxylation is 1. The molecule has 0 aliphatic rings. The van der Waals surface area contributed by atoms with E-state index in [9.17, 15) is 0 Å². The molecular weight excluding hydrogens is 228 g/mol. The number of hydrogen-bond donors (Lipinski definition) is 1. The zero-order valence-corrected chi connectivity index (χ0v) is 10.9. The largest absolute Gasteiger partial charge is 0.385 e. The molecule has 0 fully saturated rings. The Bertz CT molecular complexity index is 499. The van der Waals surface area contributed by atoms with E-state index >= 15 is 0 Å². The first-order chi connectivity index (χ1) is 8.22. The van der Waals surface area contributed by atoms with Gasteiger partial charge in [0.15, 0.2) is 0 Å². The molecule has 0 saturated carbocycles. The van der Waals surface area contributed by atoms with Gasteiger partial charge in [0.05, 0.1) is 16.1 Å². The lowest BCUT2D eigenvalue weighted by Gasteiger charge is -2.12. The van der Waals surface area contributed by atoms with Crippen LogP contribution < -0.4 is 5.32 Å². The van der Waals surface area contributed by atoms with Gasteiger partial charge in [-0.05, 0) is 31.2 Å². The molecule has 0 radical (unpaired) electrons. The molecule has 0 unspecified atom stereocenters. The van der Waals surface area contributed by atoms with E-state index in [1.165, 1.54) is 16.0 Å². The second kappa shape index (κ2) is 5.15. The molecule has 0 aliphatic carbocycles. The Hall–Kier alpha value is -1.61. The van der Waals surface area contributed by atoms with Crippen molar-refractivity contribution in [3.05, 3.63) is 53.8 Å². The Kier molecular flexibility index (Phi) is 3.59. The van der Waals surface area contributed by atoms with Crippen LogP contribution in [0.2, 0.25) is 0 Å². The molecule has 0 saturated heterocycles. The first-order valence-corrected chi connectivity index (χ1v) is 6.47. The van der Waals surface area contributed by atoms with Crippen LogP contribution in [0.3, 0.4) is 0 Å². The van der Waals surface area contributed by atoms with Crippen molar-refractivity contribution in [3.8, 4) is 10.4 Å². The standard InChI is InChI=1S/C14H16N2S/c1-4-15-10(2)12-5-7-13(8-6-12)14-11(3)16-9-17-14/h4-10,15H,1H2,2-3H3/t10-/m0/s1. The van der Waals surface area contributed by atoms with Crippen LogP contribution in [0.15, 0.2) is 42.6 Å². The number of hydrogen-bond acceptors (Lipinski definition) is 3. The van der Waals surface area contributed by atoms with Gasteiger partial charge in [-0.2, -0.15) is 0 Å². The van der Waals surface area contributed by atoms with E-state index in [1.807, 2.05) is 12.4 Å². The van der Waals surface area contributed by atoms with E-state index in [0.29, 0.717) is 6.04 Å². The van der Waals surface area contributed by atoms with Crippen molar-refractivity contribution in [3.63, 3.8) is 0 Å². The molecule has 3 heteroatoms. The molecule has 1 N–H and O–H groups in total. The molecule has 2 rings (SSSR count). The van der Waals surface area contributed by atoms with Crippen LogP contribution in [0.4, 0.5) is 0 Å². The molecule has 2 nitrogen and oxygen atoms in total. The summed E-state index contributed by atoms with van der Waals surface area (Å²) < 4.78 is 0. The molecule has 0 amide bonds. The van der Waals surface area contributed by atoms with Crippen LogP contribution in [0.25, 0.3) is 10.4 Å². The van der Waals surface area contributed by atoms with Crippen molar-refractivity contribution < 1.29 is 0 Å². The second-order valence-electron chi connectivity index (χ2n) is 3.98. The van der Waals surface area contributed by atoms with E-state index in [4.69, 9.17) is 0 Å². The third kappa shape index (κ3) is 2.56. The molecule has 1 aromatic heterocycles. The van der Waals surface area contributed by atoms with Crippen LogP contribution in [0.5, 0.6) is 0 Å². The lowest BCUT2D eigenvalue weighted by molar-refractivity contribution is 0.688. The highest BCUT2D eigenvalue weighted by atomic mass is 32.1. The summed E-state index contributed by atoms with van der Waals surface area (Å²) in [6.07, 6.45) is 1.73. The fourth-order valence-corrected chi connectivity index (χ4v) is 2.59. The van der Waals surface area contributed by atoms with E-state index in [0.717, 1.165) is 5.69 Å². The maximum Gasteiger partial charge on any atom is 0.0801 e. The lowest BCUT2D eigenvalue weighted by Crippen LogP contribution is -2.10. The van der Waals surface area contributed by atoms with Gasteiger partial charge in [0.25, 0.3) is 0 Å². The quantitative estimate of drug-likeness (QED) is 0.882. The van der Waals surface area contributed by atoms with Crippen LogP contribution >= 0.6 is 11.3 Å². The Morgan fingerprint density at radius 1 is 1.35 bits per heavy atom. The number of thiazole rings is 1. The number of nitrogens with zero attached hydrogens (tertiary/aromatic N) is 1. The lowest BCUT2D eigenvalue weighted by atomic mass is 10.1. The van der Waals surface area contributed by atoms with Crippen molar-refractivity contribution in [1.82, 2.24) is 10.3 Å². The zero-order valence-electron chi connectivity index (χ0n) is 10.1. The maximum absolute atomic E-state index is 4.27. The van der Waals surface area contributed by atoms with Crippen molar-refractivity contribution in [2.24, 2.45) is 0 Å². The third-order valence-electron chi connectivity index (χ3n) is 2.79. The topological polar surface area (TPSA) is 24.9 Å². The normalized spacial score (nSPS) is 12.1. The number of benzene rings is 1. The number of aromatic nitrogens is 1. The predicted octanol–water partition coefficient (Wildman–Crippen LogP) is 3.91. The highest BCUT2D eigenvalue weighted by Gasteiger charge is 2.06. The molecule has 1 heterocycles. The Morgan fingerprint density at radius 3 is 2.59 bits per heavy atom. The van der Waals surface area contributed by atoms with Crippen molar-refractivity contribution in [2.75, 3.05) is 0 Å². The zero-order chi connectivity index (χ0) is 12.3. The fraction of sp³-hybridized carbons (Fsp3) is 0.214. The van der Waals surface area contributed by atoms with Gasteiger partial charge < -0.3 is 5.32 Å². The summed E-state index contributed by atoms with van der Waals surface area (Å²) in [6, 6.07) is 8.89. The van der Waals surface area contributed by atoms with Gasteiger partial charge in [0.1, 0.15) is 0 Å². The Balaban J connectivity index is 2.24. The average molecular weight is 244 g/mol. The summed E-state index contributed by atoms with van der Waals surface area (Å²) >= 11 is 1.68. The van der Waals surface area contributed by atoms with Gasteiger partial charge in [-0.25, -0.2) is 4.98 Å². The molecule has 0 bridgehead atoms. The van der Waals surface area contributed by atoms with Crippen LogP contribution in [0, 0.1) is 6.92 Å². The van der Waals surface area contributed by atoms with Gasteiger partial charge in [0.2, 0.25) is 0 Å². The second-order valence-corrected chi connectivity index (χ2v) is 4.84. The monoisotopic (exact) mass is 244 g/mol. The van der Waals surface area contributed by atoms with Crippen molar-refractivity contribution in [1.29, 1.82) is 0 Å². The SMILES string of the molecule is C=CN[C@@H](C)c1ccc(-c2scnc2C)cc1. The fourth-order valence-electron chi connectivity index (χ4n) is 1.78. The minimum absolute atomic E-state index is 0.295. The van der Waals surface area contributed by atoms with Crippen LogP contribution in [-0.2, 0) is 0 Å². The van der Waals surface area contributed by atoms with Crippen LogP contribution in [-0.4, -0.2) is 4.98 Å². The summed E-state index contributed by atoms with van der Waals surface area (Å²) in [4.78, 5) is 5.52. The summed E-state index contributed by atoms with van der Waals surface area (Å²) in [5.41, 5.74) is 5.48. The Labute approximate surface area is 106 Å².